The van der Waals surface area contributed by atoms with Crippen LogP contribution in [-0.2, 0) is 4.74 Å². The normalized spacial score (nSPS) is 23.7. The van der Waals surface area contributed by atoms with E-state index in [0.717, 1.165) is 28.6 Å². The van der Waals surface area contributed by atoms with Crippen molar-refractivity contribution in [2.24, 2.45) is 5.92 Å². The molecule has 1 aliphatic rings. The number of rotatable bonds is 3. The second-order valence-corrected chi connectivity index (χ2v) is 5.94. The number of aromatic nitrogens is 1. The monoisotopic (exact) mass is 276 g/mol. The van der Waals surface area contributed by atoms with Gasteiger partial charge in [0.05, 0.1) is 16.6 Å². The van der Waals surface area contributed by atoms with Crippen LogP contribution in [0.4, 0.5) is 5.13 Å². The van der Waals surface area contributed by atoms with Crippen LogP contribution in [-0.4, -0.2) is 24.2 Å². The smallest absolute Gasteiger partial charge is 0.183 e. The molecule has 0 bridgehead atoms. The van der Waals surface area contributed by atoms with Crippen LogP contribution in [0, 0.1) is 5.92 Å². The van der Waals surface area contributed by atoms with E-state index in [2.05, 4.69) is 33.2 Å². The summed E-state index contributed by atoms with van der Waals surface area (Å²) in [5, 5.41) is 4.38. The van der Waals surface area contributed by atoms with Gasteiger partial charge >= 0.3 is 0 Å². The molecule has 78 valence electrons. The molecular weight excluding hydrogens is 264 g/mol. The lowest BCUT2D eigenvalue weighted by molar-refractivity contribution is 0.183. The number of hydrogen-bond donors (Lipinski definition) is 1. The zero-order valence-electron chi connectivity index (χ0n) is 8.00. The van der Waals surface area contributed by atoms with E-state index in [9.17, 15) is 0 Å². The minimum Gasteiger partial charge on any atom is -0.381 e. The van der Waals surface area contributed by atoms with Crippen molar-refractivity contribution in [1.82, 2.24) is 4.98 Å². The molecule has 5 heteroatoms. The van der Waals surface area contributed by atoms with Gasteiger partial charge in [-0.15, -0.1) is 0 Å². The summed E-state index contributed by atoms with van der Waals surface area (Å²) < 4.78 is 6.42. The van der Waals surface area contributed by atoms with Crippen LogP contribution < -0.4 is 5.32 Å². The van der Waals surface area contributed by atoms with Crippen LogP contribution in [0.25, 0.3) is 0 Å². The van der Waals surface area contributed by atoms with Gasteiger partial charge in [-0.3, -0.25) is 0 Å². The van der Waals surface area contributed by atoms with Crippen molar-refractivity contribution in [1.29, 1.82) is 0 Å². The molecule has 2 heterocycles. The number of thiazole rings is 1. The maximum atomic E-state index is 5.35. The summed E-state index contributed by atoms with van der Waals surface area (Å²) in [6.07, 6.45) is 2.98. The van der Waals surface area contributed by atoms with Crippen LogP contribution in [0.2, 0.25) is 0 Å². The van der Waals surface area contributed by atoms with Crippen molar-refractivity contribution < 1.29 is 4.74 Å². The molecular formula is C9H13BrN2OS. The van der Waals surface area contributed by atoms with Gasteiger partial charge in [0.1, 0.15) is 0 Å². The Morgan fingerprint density at radius 2 is 2.64 bits per heavy atom. The molecule has 0 spiro atoms. The van der Waals surface area contributed by atoms with E-state index in [4.69, 9.17) is 4.74 Å². The summed E-state index contributed by atoms with van der Waals surface area (Å²) in [5.41, 5.74) is 0. The Labute approximate surface area is 96.0 Å². The lowest BCUT2D eigenvalue weighted by Crippen LogP contribution is -2.25. The number of nitrogens with zero attached hydrogens (tertiary/aromatic N) is 1. The van der Waals surface area contributed by atoms with E-state index in [-0.39, 0.29) is 0 Å². The number of anilines is 1. The Hall–Kier alpha value is -0.130. The summed E-state index contributed by atoms with van der Waals surface area (Å²) in [5.74, 6) is 0.623. The van der Waals surface area contributed by atoms with Crippen LogP contribution in [0.3, 0.4) is 0 Å². The molecule has 2 rings (SSSR count). The predicted molar refractivity (Wildman–Crippen MR) is 61.8 cm³/mol. The first-order valence-electron chi connectivity index (χ1n) is 4.71. The summed E-state index contributed by atoms with van der Waals surface area (Å²) in [4.78, 5) is 4.25. The molecule has 2 unspecified atom stereocenters. The zero-order chi connectivity index (χ0) is 9.97. The zero-order valence-corrected chi connectivity index (χ0v) is 10.4. The number of halogens is 1. The van der Waals surface area contributed by atoms with E-state index in [1.165, 1.54) is 0 Å². The fraction of sp³-hybridized carbons (Fsp3) is 0.667. The quantitative estimate of drug-likeness (QED) is 0.922. The van der Waals surface area contributed by atoms with Crippen molar-refractivity contribution in [2.75, 3.05) is 18.5 Å². The largest absolute Gasteiger partial charge is 0.381 e. The van der Waals surface area contributed by atoms with Gasteiger partial charge in [-0.25, -0.2) is 4.98 Å². The third-order valence-corrected chi connectivity index (χ3v) is 3.91. The van der Waals surface area contributed by atoms with Crippen LogP contribution in [0.5, 0.6) is 0 Å². The van der Waals surface area contributed by atoms with E-state index in [1.807, 2.05) is 6.20 Å². The fourth-order valence-corrected chi connectivity index (χ4v) is 2.78. The second kappa shape index (κ2) is 4.59. The Morgan fingerprint density at radius 3 is 3.21 bits per heavy atom. The molecule has 1 aliphatic heterocycles. The summed E-state index contributed by atoms with van der Waals surface area (Å²) in [7, 11) is 0. The highest BCUT2D eigenvalue weighted by Gasteiger charge is 2.22. The van der Waals surface area contributed by atoms with Gasteiger partial charge in [-0.1, -0.05) is 11.3 Å². The van der Waals surface area contributed by atoms with E-state index < -0.39 is 0 Å². The standard InChI is InChI=1S/C9H13BrN2OS/c1-6(7-2-3-13-5-7)12-9-11-4-8(10)14-9/h4,6-7H,2-3,5H2,1H3,(H,11,12). The summed E-state index contributed by atoms with van der Waals surface area (Å²) in [6, 6.07) is 0.440. The molecule has 0 saturated carbocycles. The van der Waals surface area contributed by atoms with Crippen molar-refractivity contribution in [2.45, 2.75) is 19.4 Å². The molecule has 14 heavy (non-hydrogen) atoms. The van der Waals surface area contributed by atoms with Gasteiger partial charge < -0.3 is 10.1 Å². The van der Waals surface area contributed by atoms with Crippen molar-refractivity contribution in [3.8, 4) is 0 Å². The highest BCUT2D eigenvalue weighted by molar-refractivity contribution is 9.11. The van der Waals surface area contributed by atoms with E-state index in [1.54, 1.807) is 11.3 Å². The molecule has 3 nitrogen and oxygen atoms in total. The average Bonchev–Trinajstić information content (AvgIpc) is 2.75. The van der Waals surface area contributed by atoms with Gasteiger partial charge in [0.15, 0.2) is 5.13 Å². The van der Waals surface area contributed by atoms with Gasteiger partial charge in [-0.05, 0) is 29.3 Å². The molecule has 1 aromatic rings. The summed E-state index contributed by atoms with van der Waals surface area (Å²) in [6.45, 7) is 3.97. The fourth-order valence-electron chi connectivity index (χ4n) is 1.58. The second-order valence-electron chi connectivity index (χ2n) is 3.53. The van der Waals surface area contributed by atoms with Gasteiger partial charge in [0.25, 0.3) is 0 Å². The molecule has 2 atom stereocenters. The van der Waals surface area contributed by atoms with Crippen LogP contribution >= 0.6 is 27.3 Å². The highest BCUT2D eigenvalue weighted by atomic mass is 79.9. The molecule has 0 amide bonds. The number of hydrogen-bond acceptors (Lipinski definition) is 4. The average molecular weight is 277 g/mol. The molecule has 1 N–H and O–H groups in total. The van der Waals surface area contributed by atoms with Crippen LogP contribution in [0.15, 0.2) is 9.98 Å². The molecule has 1 fully saturated rings. The summed E-state index contributed by atoms with van der Waals surface area (Å²) >= 11 is 5.03. The maximum Gasteiger partial charge on any atom is 0.183 e. The first-order chi connectivity index (χ1) is 6.75. The molecule has 0 aromatic carbocycles. The number of ether oxygens (including phenoxy) is 1. The SMILES string of the molecule is CC(Nc1ncc(Br)s1)C1CCOC1. The van der Waals surface area contributed by atoms with E-state index in [0.29, 0.717) is 12.0 Å². The van der Waals surface area contributed by atoms with Gasteiger partial charge in [0.2, 0.25) is 0 Å². The third-order valence-electron chi connectivity index (χ3n) is 2.50. The van der Waals surface area contributed by atoms with Gasteiger partial charge in [0, 0.05) is 18.6 Å². The minimum atomic E-state index is 0.440. The van der Waals surface area contributed by atoms with E-state index >= 15 is 0 Å². The first-order valence-corrected chi connectivity index (χ1v) is 6.32. The van der Waals surface area contributed by atoms with Gasteiger partial charge in [-0.2, -0.15) is 0 Å². The van der Waals surface area contributed by atoms with Crippen LogP contribution in [0.1, 0.15) is 13.3 Å². The Bertz CT molecular complexity index is 299. The number of nitrogens with one attached hydrogen (secondary N) is 1. The maximum absolute atomic E-state index is 5.35. The minimum absolute atomic E-state index is 0.440. The molecule has 0 radical (unpaired) electrons. The van der Waals surface area contributed by atoms with Crippen molar-refractivity contribution >= 4 is 32.4 Å². The first kappa shape index (κ1) is 10.4. The molecule has 0 aliphatic carbocycles. The van der Waals surface area contributed by atoms with Crippen molar-refractivity contribution in [3.63, 3.8) is 0 Å². The Morgan fingerprint density at radius 1 is 1.79 bits per heavy atom. The third kappa shape index (κ3) is 2.46. The van der Waals surface area contributed by atoms with Crippen molar-refractivity contribution in [3.05, 3.63) is 9.98 Å². The lowest BCUT2D eigenvalue weighted by atomic mass is 10.0. The lowest BCUT2D eigenvalue weighted by Gasteiger charge is -2.18. The highest BCUT2D eigenvalue weighted by Crippen LogP contribution is 2.26. The predicted octanol–water partition coefficient (Wildman–Crippen LogP) is 2.74. The Kier molecular flexibility index (Phi) is 3.41. The Balaban J connectivity index is 1.90. The molecule has 1 aromatic heterocycles. The molecule has 1 saturated heterocycles. The topological polar surface area (TPSA) is 34.2 Å².